The molecule has 3 heterocycles. The SMILES string of the molecule is Cn1cc(C(O)N[C@H]2CC[C@@H](Nc3cccc4nc(C(F)F)cn34)CC2)c(Cl)n1. The van der Waals surface area contributed by atoms with Gasteiger partial charge in [-0.2, -0.15) is 5.10 Å². The van der Waals surface area contributed by atoms with Crippen molar-refractivity contribution in [3.8, 4) is 0 Å². The van der Waals surface area contributed by atoms with Gasteiger partial charge in [0.25, 0.3) is 6.43 Å². The summed E-state index contributed by atoms with van der Waals surface area (Å²) < 4.78 is 29.1. The molecule has 3 N–H and O–H groups in total. The lowest BCUT2D eigenvalue weighted by atomic mass is 9.91. The van der Waals surface area contributed by atoms with E-state index < -0.39 is 12.7 Å². The fourth-order valence-electron chi connectivity index (χ4n) is 3.84. The molecule has 156 valence electrons. The third-order valence-electron chi connectivity index (χ3n) is 5.31. The molecule has 1 aliphatic carbocycles. The molecule has 0 radical (unpaired) electrons. The molecule has 0 amide bonds. The average Bonchev–Trinajstić information content (AvgIpc) is 3.27. The van der Waals surface area contributed by atoms with Crippen molar-refractivity contribution < 1.29 is 13.9 Å². The molecule has 10 heteroatoms. The second kappa shape index (κ2) is 8.25. The summed E-state index contributed by atoms with van der Waals surface area (Å²) in [6.45, 7) is 0. The van der Waals surface area contributed by atoms with Crippen molar-refractivity contribution in [3.63, 3.8) is 0 Å². The highest BCUT2D eigenvalue weighted by atomic mass is 35.5. The first-order valence-corrected chi connectivity index (χ1v) is 9.94. The number of fused-ring (bicyclic) bond motifs is 1. The van der Waals surface area contributed by atoms with Crippen LogP contribution in [-0.4, -0.2) is 36.4 Å². The van der Waals surface area contributed by atoms with Crippen LogP contribution in [0.25, 0.3) is 5.65 Å². The molecule has 7 nitrogen and oxygen atoms in total. The Morgan fingerprint density at radius 2 is 1.90 bits per heavy atom. The van der Waals surface area contributed by atoms with E-state index in [1.807, 2.05) is 6.07 Å². The molecule has 1 saturated carbocycles. The zero-order valence-corrected chi connectivity index (χ0v) is 16.7. The molecule has 3 aromatic rings. The number of aliphatic hydroxyl groups is 1. The number of halogens is 3. The van der Waals surface area contributed by atoms with Gasteiger partial charge < -0.3 is 10.4 Å². The lowest BCUT2D eigenvalue weighted by molar-refractivity contribution is 0.113. The van der Waals surface area contributed by atoms with Gasteiger partial charge in [-0.25, -0.2) is 13.8 Å². The number of nitrogens with zero attached hydrogens (tertiary/aromatic N) is 4. The van der Waals surface area contributed by atoms with Crippen LogP contribution in [0.15, 0.2) is 30.6 Å². The lowest BCUT2D eigenvalue weighted by Gasteiger charge is -2.31. The summed E-state index contributed by atoms with van der Waals surface area (Å²) in [6.07, 6.45) is 3.14. The van der Waals surface area contributed by atoms with E-state index in [0.717, 1.165) is 31.5 Å². The zero-order chi connectivity index (χ0) is 20.5. The van der Waals surface area contributed by atoms with Gasteiger partial charge in [-0.3, -0.25) is 14.4 Å². The van der Waals surface area contributed by atoms with Crippen molar-refractivity contribution in [2.24, 2.45) is 7.05 Å². The number of alkyl halides is 2. The first kappa shape index (κ1) is 20.1. The predicted octanol–water partition coefficient (Wildman–Crippen LogP) is 3.66. The van der Waals surface area contributed by atoms with Gasteiger partial charge in [-0.1, -0.05) is 17.7 Å². The van der Waals surface area contributed by atoms with Crippen LogP contribution in [0.3, 0.4) is 0 Å². The minimum absolute atomic E-state index is 0.161. The maximum atomic E-state index is 13.0. The standard InChI is InChI=1S/C19H23ClF2N6O/c1-27-9-13(17(20)26-27)19(29)24-12-7-5-11(6-8-12)23-15-3-2-4-16-25-14(18(21)22)10-28(15)16/h2-4,9-12,18-19,23-24,29H,5-8H2,1H3/t11-,12+,19?. The molecule has 0 aromatic carbocycles. The Morgan fingerprint density at radius 3 is 2.55 bits per heavy atom. The van der Waals surface area contributed by atoms with Crippen LogP contribution in [-0.2, 0) is 7.05 Å². The van der Waals surface area contributed by atoms with Crippen LogP contribution in [0, 0.1) is 0 Å². The normalized spacial score (nSPS) is 21.0. The molecular weight excluding hydrogens is 402 g/mol. The van der Waals surface area contributed by atoms with Crippen molar-refractivity contribution in [3.05, 3.63) is 47.0 Å². The summed E-state index contributed by atoms with van der Waals surface area (Å²) in [5.74, 6) is 0.750. The van der Waals surface area contributed by atoms with Gasteiger partial charge in [0, 0.05) is 31.5 Å². The number of rotatable bonds is 6. The van der Waals surface area contributed by atoms with E-state index in [2.05, 4.69) is 20.7 Å². The minimum Gasteiger partial charge on any atom is -0.374 e. The average molecular weight is 425 g/mol. The second-order valence-electron chi connectivity index (χ2n) is 7.42. The maximum absolute atomic E-state index is 13.0. The summed E-state index contributed by atoms with van der Waals surface area (Å²) in [7, 11) is 1.75. The monoisotopic (exact) mass is 424 g/mol. The van der Waals surface area contributed by atoms with Gasteiger partial charge in [0.2, 0.25) is 0 Å². The molecule has 0 aliphatic heterocycles. The van der Waals surface area contributed by atoms with Crippen LogP contribution in [0.4, 0.5) is 14.6 Å². The summed E-state index contributed by atoms with van der Waals surface area (Å²) in [5, 5.41) is 21.4. The summed E-state index contributed by atoms with van der Waals surface area (Å²) in [4.78, 5) is 3.97. The van der Waals surface area contributed by atoms with E-state index in [4.69, 9.17) is 11.6 Å². The number of pyridine rings is 1. The zero-order valence-electron chi connectivity index (χ0n) is 15.9. The molecule has 1 unspecified atom stereocenters. The Labute approximate surface area is 171 Å². The molecule has 3 aromatic heterocycles. The van der Waals surface area contributed by atoms with Gasteiger partial charge in [-0.05, 0) is 37.8 Å². The molecule has 0 saturated heterocycles. The van der Waals surface area contributed by atoms with Gasteiger partial charge in [0.1, 0.15) is 23.4 Å². The molecule has 1 atom stereocenters. The van der Waals surface area contributed by atoms with Crippen molar-refractivity contribution in [1.29, 1.82) is 0 Å². The molecule has 0 spiro atoms. The molecule has 29 heavy (non-hydrogen) atoms. The minimum atomic E-state index is -2.59. The number of hydrogen-bond donors (Lipinski definition) is 3. The molecular formula is C19H23ClF2N6O. The van der Waals surface area contributed by atoms with Crippen LogP contribution in [0.2, 0.25) is 5.15 Å². The van der Waals surface area contributed by atoms with Crippen LogP contribution in [0.5, 0.6) is 0 Å². The van der Waals surface area contributed by atoms with Crippen LogP contribution in [0.1, 0.15) is 49.6 Å². The highest BCUT2D eigenvalue weighted by Gasteiger charge is 2.25. The largest absolute Gasteiger partial charge is 0.374 e. The fraction of sp³-hybridized carbons (Fsp3) is 0.474. The molecule has 4 rings (SSSR count). The maximum Gasteiger partial charge on any atom is 0.281 e. The van der Waals surface area contributed by atoms with Crippen molar-refractivity contribution >= 4 is 23.1 Å². The predicted molar refractivity (Wildman–Crippen MR) is 106 cm³/mol. The van der Waals surface area contributed by atoms with Gasteiger partial charge in [-0.15, -0.1) is 0 Å². The molecule has 0 bridgehead atoms. The Morgan fingerprint density at radius 1 is 1.17 bits per heavy atom. The topological polar surface area (TPSA) is 79.4 Å². The summed E-state index contributed by atoms with van der Waals surface area (Å²) >= 11 is 6.04. The Bertz CT molecular complexity index is 982. The van der Waals surface area contributed by atoms with E-state index in [0.29, 0.717) is 16.4 Å². The van der Waals surface area contributed by atoms with Crippen LogP contribution >= 0.6 is 11.6 Å². The Hall–Kier alpha value is -2.23. The molecule has 1 fully saturated rings. The highest BCUT2D eigenvalue weighted by molar-refractivity contribution is 6.30. The Kier molecular flexibility index (Phi) is 5.71. The van der Waals surface area contributed by atoms with Gasteiger partial charge >= 0.3 is 0 Å². The van der Waals surface area contributed by atoms with E-state index in [1.54, 1.807) is 34.5 Å². The first-order chi connectivity index (χ1) is 13.9. The number of aromatic nitrogens is 4. The highest BCUT2D eigenvalue weighted by Crippen LogP contribution is 2.27. The number of nitrogens with one attached hydrogen (secondary N) is 2. The number of aryl methyl sites for hydroxylation is 1. The number of hydrogen-bond acceptors (Lipinski definition) is 5. The lowest BCUT2D eigenvalue weighted by Crippen LogP contribution is -2.39. The fourth-order valence-corrected chi connectivity index (χ4v) is 4.11. The van der Waals surface area contributed by atoms with E-state index in [9.17, 15) is 13.9 Å². The third-order valence-corrected chi connectivity index (χ3v) is 5.61. The van der Waals surface area contributed by atoms with Crippen molar-refractivity contribution in [1.82, 2.24) is 24.5 Å². The molecule has 1 aliphatic rings. The van der Waals surface area contributed by atoms with E-state index >= 15 is 0 Å². The number of imidazole rings is 1. The smallest absolute Gasteiger partial charge is 0.281 e. The van der Waals surface area contributed by atoms with E-state index in [-0.39, 0.29) is 17.8 Å². The van der Waals surface area contributed by atoms with E-state index in [1.165, 1.54) is 6.20 Å². The summed E-state index contributed by atoms with van der Waals surface area (Å²) in [5.41, 5.74) is 0.836. The third kappa shape index (κ3) is 4.36. The number of anilines is 1. The first-order valence-electron chi connectivity index (χ1n) is 9.56. The van der Waals surface area contributed by atoms with Crippen molar-refractivity contribution in [2.75, 3.05) is 5.32 Å². The summed E-state index contributed by atoms with van der Waals surface area (Å²) in [6, 6.07) is 5.76. The second-order valence-corrected chi connectivity index (χ2v) is 7.77. The Balaban J connectivity index is 1.35. The van der Waals surface area contributed by atoms with Gasteiger partial charge in [0.15, 0.2) is 5.15 Å². The quantitative estimate of drug-likeness (QED) is 0.526. The number of aliphatic hydroxyl groups excluding tert-OH is 1. The van der Waals surface area contributed by atoms with Crippen molar-refractivity contribution in [2.45, 2.75) is 50.4 Å². The van der Waals surface area contributed by atoms with Gasteiger partial charge in [0.05, 0.1) is 5.56 Å². The van der Waals surface area contributed by atoms with Crippen LogP contribution < -0.4 is 10.6 Å².